The van der Waals surface area contributed by atoms with Gasteiger partial charge in [0, 0.05) is 32.1 Å². The topological polar surface area (TPSA) is 105 Å². The van der Waals surface area contributed by atoms with Crippen LogP contribution in [0, 0.1) is 12.8 Å². The van der Waals surface area contributed by atoms with Gasteiger partial charge >= 0.3 is 6.09 Å². The minimum Gasteiger partial charge on any atom is -0.444 e. The quantitative estimate of drug-likeness (QED) is 0.857. The van der Waals surface area contributed by atoms with E-state index in [-0.39, 0.29) is 24.3 Å². The molecule has 1 aliphatic rings. The lowest BCUT2D eigenvalue weighted by molar-refractivity contribution is -0.135. The van der Waals surface area contributed by atoms with Crippen molar-refractivity contribution in [3.63, 3.8) is 0 Å². The number of nitrogens with zero attached hydrogens (tertiary/aromatic N) is 3. The van der Waals surface area contributed by atoms with Crippen LogP contribution in [0.5, 0.6) is 0 Å². The molecule has 150 valence electrons. The van der Waals surface area contributed by atoms with E-state index in [0.717, 1.165) is 0 Å². The molecule has 2 rings (SSSR count). The molecular formula is C18H28N4O5. The van der Waals surface area contributed by atoms with Crippen molar-refractivity contribution in [1.29, 1.82) is 0 Å². The average molecular weight is 380 g/mol. The van der Waals surface area contributed by atoms with Crippen molar-refractivity contribution < 1.29 is 23.6 Å². The first-order chi connectivity index (χ1) is 12.5. The Morgan fingerprint density at radius 1 is 1.33 bits per heavy atom. The summed E-state index contributed by atoms with van der Waals surface area (Å²) in [5.74, 6) is 0.556. The summed E-state index contributed by atoms with van der Waals surface area (Å²) < 4.78 is 10.2. The van der Waals surface area contributed by atoms with Gasteiger partial charge in [-0.15, -0.1) is 0 Å². The van der Waals surface area contributed by atoms with Gasteiger partial charge < -0.3 is 24.4 Å². The van der Waals surface area contributed by atoms with Gasteiger partial charge in [-0.05, 0) is 40.5 Å². The number of nitrogens with one attached hydrogen (secondary N) is 1. The average Bonchev–Trinajstić information content (AvgIpc) is 2.98. The summed E-state index contributed by atoms with van der Waals surface area (Å²) in [5, 5.41) is 6.48. The number of aryl methyl sites for hydroxylation is 1. The number of hydrogen-bond donors (Lipinski definition) is 1. The molecule has 0 atom stereocenters. The number of likely N-dealkylation sites (tertiary alicyclic amines) is 1. The molecule has 1 saturated heterocycles. The molecule has 0 saturated carbocycles. The van der Waals surface area contributed by atoms with Crippen LogP contribution in [-0.4, -0.2) is 65.1 Å². The number of amides is 3. The van der Waals surface area contributed by atoms with Crippen LogP contribution in [0.3, 0.4) is 0 Å². The van der Waals surface area contributed by atoms with Gasteiger partial charge in [0.15, 0.2) is 5.82 Å². The Bertz CT molecular complexity index is 686. The number of likely N-dealkylation sites (N-methyl/N-ethyl adjacent to an activating group) is 1. The van der Waals surface area contributed by atoms with E-state index < -0.39 is 11.7 Å². The molecule has 2 heterocycles. The van der Waals surface area contributed by atoms with Gasteiger partial charge in [0.25, 0.3) is 0 Å². The van der Waals surface area contributed by atoms with Crippen LogP contribution in [0.15, 0.2) is 10.6 Å². The Morgan fingerprint density at radius 2 is 1.96 bits per heavy atom. The SMILES string of the molecule is Cc1cc(NC(=O)C2CCN(C(=O)CN(C)C(=O)OC(C)(C)C)CC2)no1. The lowest BCUT2D eigenvalue weighted by Crippen LogP contribution is -2.46. The molecule has 1 aliphatic heterocycles. The van der Waals surface area contributed by atoms with E-state index in [1.165, 1.54) is 11.9 Å². The molecule has 1 aromatic heterocycles. The molecular weight excluding hydrogens is 352 g/mol. The summed E-state index contributed by atoms with van der Waals surface area (Å²) in [6.45, 7) is 7.96. The molecule has 1 N–H and O–H groups in total. The first-order valence-corrected chi connectivity index (χ1v) is 9.01. The molecule has 0 aliphatic carbocycles. The Balaban J connectivity index is 1.78. The first-order valence-electron chi connectivity index (χ1n) is 9.01. The molecule has 0 aromatic carbocycles. The van der Waals surface area contributed by atoms with Gasteiger partial charge in [-0.3, -0.25) is 9.59 Å². The normalized spacial score (nSPS) is 15.4. The van der Waals surface area contributed by atoms with Crippen molar-refractivity contribution in [3.05, 3.63) is 11.8 Å². The highest BCUT2D eigenvalue weighted by molar-refractivity contribution is 5.92. The highest BCUT2D eigenvalue weighted by Crippen LogP contribution is 2.20. The van der Waals surface area contributed by atoms with Crippen molar-refractivity contribution in [2.75, 3.05) is 32.0 Å². The maximum absolute atomic E-state index is 12.4. The Hall–Kier alpha value is -2.58. The van der Waals surface area contributed by atoms with E-state index in [4.69, 9.17) is 9.26 Å². The molecule has 0 bridgehead atoms. The van der Waals surface area contributed by atoms with Crippen LogP contribution in [-0.2, 0) is 14.3 Å². The summed E-state index contributed by atoms with van der Waals surface area (Å²) in [6, 6.07) is 1.66. The number of carbonyl (C=O) groups is 3. The highest BCUT2D eigenvalue weighted by atomic mass is 16.6. The Morgan fingerprint density at radius 3 is 2.48 bits per heavy atom. The summed E-state index contributed by atoms with van der Waals surface area (Å²) in [6.07, 6.45) is 0.586. The number of rotatable bonds is 4. The molecule has 9 heteroatoms. The van der Waals surface area contributed by atoms with Gasteiger partial charge in [-0.25, -0.2) is 4.79 Å². The zero-order valence-electron chi connectivity index (χ0n) is 16.6. The zero-order valence-corrected chi connectivity index (χ0v) is 16.6. The molecule has 0 spiro atoms. The fourth-order valence-corrected chi connectivity index (χ4v) is 2.75. The van der Waals surface area contributed by atoms with Crippen molar-refractivity contribution in [1.82, 2.24) is 15.0 Å². The number of piperidine rings is 1. The predicted octanol–water partition coefficient (Wildman–Crippen LogP) is 2.03. The molecule has 27 heavy (non-hydrogen) atoms. The monoisotopic (exact) mass is 380 g/mol. The van der Waals surface area contributed by atoms with Crippen molar-refractivity contribution >= 4 is 23.7 Å². The van der Waals surface area contributed by atoms with Crippen LogP contribution in [0.4, 0.5) is 10.6 Å². The van der Waals surface area contributed by atoms with Crippen LogP contribution in [0.1, 0.15) is 39.4 Å². The van der Waals surface area contributed by atoms with Crippen molar-refractivity contribution in [2.24, 2.45) is 5.92 Å². The van der Waals surface area contributed by atoms with Crippen LogP contribution in [0.2, 0.25) is 0 Å². The second-order valence-electron chi connectivity index (χ2n) is 7.80. The van der Waals surface area contributed by atoms with Gasteiger partial charge in [-0.2, -0.15) is 0 Å². The minimum atomic E-state index is -0.609. The Labute approximate surface area is 159 Å². The second-order valence-corrected chi connectivity index (χ2v) is 7.80. The van der Waals surface area contributed by atoms with Gasteiger partial charge in [-0.1, -0.05) is 5.16 Å². The molecule has 0 unspecified atom stereocenters. The molecule has 1 fully saturated rings. The lowest BCUT2D eigenvalue weighted by atomic mass is 9.96. The smallest absolute Gasteiger partial charge is 0.410 e. The van der Waals surface area contributed by atoms with E-state index in [9.17, 15) is 14.4 Å². The van der Waals surface area contributed by atoms with Gasteiger partial charge in [0.1, 0.15) is 17.9 Å². The van der Waals surface area contributed by atoms with Crippen molar-refractivity contribution in [2.45, 2.75) is 46.1 Å². The lowest BCUT2D eigenvalue weighted by Gasteiger charge is -2.32. The van der Waals surface area contributed by atoms with Crippen molar-refractivity contribution in [3.8, 4) is 0 Å². The third-order valence-electron chi connectivity index (χ3n) is 4.18. The van der Waals surface area contributed by atoms with Crippen LogP contribution in [0.25, 0.3) is 0 Å². The third-order valence-corrected chi connectivity index (χ3v) is 4.18. The highest BCUT2D eigenvalue weighted by Gasteiger charge is 2.29. The number of ether oxygens (including phenoxy) is 1. The summed E-state index contributed by atoms with van der Waals surface area (Å²) >= 11 is 0. The number of aromatic nitrogens is 1. The molecule has 0 radical (unpaired) electrons. The summed E-state index contributed by atoms with van der Waals surface area (Å²) in [5.41, 5.74) is -0.609. The van der Waals surface area contributed by atoms with E-state index >= 15 is 0 Å². The molecule has 3 amide bonds. The van der Waals surface area contributed by atoms with E-state index in [1.807, 2.05) is 0 Å². The van der Waals surface area contributed by atoms with Gasteiger partial charge in [0.05, 0.1) is 0 Å². The van der Waals surface area contributed by atoms with E-state index in [0.29, 0.717) is 37.5 Å². The fourth-order valence-electron chi connectivity index (χ4n) is 2.75. The number of anilines is 1. The molecule has 9 nitrogen and oxygen atoms in total. The number of hydrogen-bond acceptors (Lipinski definition) is 6. The molecule has 1 aromatic rings. The maximum atomic E-state index is 12.4. The summed E-state index contributed by atoms with van der Waals surface area (Å²) in [4.78, 5) is 39.6. The largest absolute Gasteiger partial charge is 0.444 e. The van der Waals surface area contributed by atoms with Crippen LogP contribution < -0.4 is 5.32 Å². The second kappa shape index (κ2) is 8.41. The zero-order chi connectivity index (χ0) is 20.2. The van der Waals surface area contributed by atoms with Gasteiger partial charge in [0.2, 0.25) is 11.8 Å². The van der Waals surface area contributed by atoms with E-state index in [2.05, 4.69) is 10.5 Å². The van der Waals surface area contributed by atoms with E-state index in [1.54, 1.807) is 38.7 Å². The first kappa shape index (κ1) is 20.7. The van der Waals surface area contributed by atoms with Crippen LogP contribution >= 0.6 is 0 Å². The summed E-state index contributed by atoms with van der Waals surface area (Å²) in [7, 11) is 1.53. The number of carbonyl (C=O) groups excluding carboxylic acids is 3. The fraction of sp³-hybridized carbons (Fsp3) is 0.667. The maximum Gasteiger partial charge on any atom is 0.410 e. The standard InChI is InChI=1S/C18H28N4O5/c1-12-10-14(20-27-12)19-16(24)13-6-8-22(9-7-13)15(23)11-21(5)17(25)26-18(2,3)4/h10,13H,6-9,11H2,1-5H3,(H,19,20,24). The third kappa shape index (κ3) is 6.26. The Kier molecular flexibility index (Phi) is 6.45. The predicted molar refractivity (Wildman–Crippen MR) is 98.0 cm³/mol. The minimum absolute atomic E-state index is 0.0516.